The second-order valence-electron chi connectivity index (χ2n) is 9.05. The van der Waals surface area contributed by atoms with Crippen LogP contribution in [0.3, 0.4) is 0 Å². The lowest BCUT2D eigenvalue weighted by Gasteiger charge is -2.10. The molecule has 1 aromatic rings. The molecular formula is C26H42O4. The summed E-state index contributed by atoms with van der Waals surface area (Å²) >= 11 is 0. The van der Waals surface area contributed by atoms with E-state index in [0.29, 0.717) is 13.2 Å². The summed E-state index contributed by atoms with van der Waals surface area (Å²) < 4.78 is 10.8. The van der Waals surface area contributed by atoms with Crippen molar-refractivity contribution < 1.29 is 19.1 Å². The third kappa shape index (κ3) is 13.4. The highest BCUT2D eigenvalue weighted by atomic mass is 16.5. The molecule has 0 saturated carbocycles. The summed E-state index contributed by atoms with van der Waals surface area (Å²) in [5.41, 5.74) is 1.69. The topological polar surface area (TPSA) is 52.6 Å². The van der Waals surface area contributed by atoms with Crippen molar-refractivity contribution in [2.75, 3.05) is 13.2 Å². The summed E-state index contributed by atoms with van der Waals surface area (Å²) in [5.74, 6) is 0.982. The maximum Gasteiger partial charge on any atom is 0.310 e. The average Bonchev–Trinajstić information content (AvgIpc) is 2.68. The van der Waals surface area contributed by atoms with Crippen molar-refractivity contribution in [3.05, 3.63) is 35.4 Å². The van der Waals surface area contributed by atoms with Crippen LogP contribution in [0.15, 0.2) is 24.3 Å². The number of carbonyl (C=O) groups excluding carboxylic acids is 2. The van der Waals surface area contributed by atoms with Crippen molar-refractivity contribution in [1.82, 2.24) is 0 Å². The van der Waals surface area contributed by atoms with Crippen LogP contribution in [0.5, 0.6) is 0 Å². The van der Waals surface area contributed by atoms with Gasteiger partial charge in [0.2, 0.25) is 0 Å². The van der Waals surface area contributed by atoms with Gasteiger partial charge >= 0.3 is 11.9 Å². The second-order valence-corrected chi connectivity index (χ2v) is 9.05. The Kier molecular flexibility index (Phi) is 13.9. The molecule has 0 saturated heterocycles. The van der Waals surface area contributed by atoms with Crippen LogP contribution < -0.4 is 0 Å². The van der Waals surface area contributed by atoms with Crippen molar-refractivity contribution in [1.29, 1.82) is 0 Å². The number of ether oxygens (including phenoxy) is 2. The zero-order valence-corrected chi connectivity index (χ0v) is 19.6. The summed E-state index contributed by atoms with van der Waals surface area (Å²) in [6, 6.07) is 7.55. The third-order valence-electron chi connectivity index (χ3n) is 5.17. The minimum Gasteiger partial charge on any atom is -0.465 e. The van der Waals surface area contributed by atoms with E-state index in [1.54, 1.807) is 0 Å². The van der Waals surface area contributed by atoms with E-state index >= 15 is 0 Å². The van der Waals surface area contributed by atoms with Gasteiger partial charge in [-0.15, -0.1) is 0 Å². The molecule has 0 N–H and O–H groups in total. The monoisotopic (exact) mass is 418 g/mol. The Balaban J connectivity index is 2.30. The predicted octanol–water partition coefficient (Wildman–Crippen LogP) is 6.29. The molecule has 170 valence electrons. The molecule has 0 amide bonds. The largest absolute Gasteiger partial charge is 0.465 e. The van der Waals surface area contributed by atoms with Gasteiger partial charge in [0.05, 0.1) is 26.1 Å². The van der Waals surface area contributed by atoms with Gasteiger partial charge < -0.3 is 9.47 Å². The second kappa shape index (κ2) is 15.9. The molecule has 0 spiro atoms. The fourth-order valence-electron chi connectivity index (χ4n) is 3.35. The van der Waals surface area contributed by atoms with E-state index in [-0.39, 0.29) is 24.8 Å². The lowest BCUT2D eigenvalue weighted by Crippen LogP contribution is -2.14. The molecular weight excluding hydrogens is 376 g/mol. The van der Waals surface area contributed by atoms with E-state index in [2.05, 4.69) is 27.7 Å². The van der Waals surface area contributed by atoms with Crippen molar-refractivity contribution in [2.45, 2.75) is 91.9 Å². The van der Waals surface area contributed by atoms with Crippen LogP contribution in [0.4, 0.5) is 0 Å². The fourth-order valence-corrected chi connectivity index (χ4v) is 3.35. The number of carbonyl (C=O) groups is 2. The number of hydrogen-bond donors (Lipinski definition) is 0. The van der Waals surface area contributed by atoms with Gasteiger partial charge in [-0.05, 0) is 35.8 Å². The molecule has 0 radical (unpaired) electrons. The van der Waals surface area contributed by atoms with Gasteiger partial charge in [0.1, 0.15) is 0 Å². The molecule has 0 aromatic heterocycles. The SMILES string of the molecule is CC(C)CCCCCOC(=O)Cc1ccccc1CC(=O)OCCCCCC(C)C. The highest BCUT2D eigenvalue weighted by molar-refractivity contribution is 5.76. The molecule has 1 aromatic carbocycles. The molecule has 0 aliphatic heterocycles. The number of rotatable bonds is 16. The van der Waals surface area contributed by atoms with E-state index in [1.165, 1.54) is 25.7 Å². The van der Waals surface area contributed by atoms with Gasteiger partial charge in [-0.2, -0.15) is 0 Å². The Morgan fingerprint density at radius 2 is 1.07 bits per heavy atom. The number of unbranched alkanes of at least 4 members (excludes halogenated alkanes) is 4. The molecule has 30 heavy (non-hydrogen) atoms. The van der Waals surface area contributed by atoms with Crippen molar-refractivity contribution in [3.63, 3.8) is 0 Å². The number of benzene rings is 1. The van der Waals surface area contributed by atoms with Gasteiger partial charge in [0, 0.05) is 0 Å². The minimum absolute atomic E-state index is 0.199. The third-order valence-corrected chi connectivity index (χ3v) is 5.17. The molecule has 1 rings (SSSR count). The molecule has 4 heteroatoms. The van der Waals surface area contributed by atoms with Crippen LogP contribution in [-0.2, 0) is 31.9 Å². The standard InChI is InChI=1S/C26H42O4/c1-21(2)13-7-5-11-17-29-25(27)19-23-15-9-10-16-24(23)20-26(28)30-18-12-6-8-14-22(3)4/h9-10,15-16,21-22H,5-8,11-14,17-20H2,1-4H3. The Morgan fingerprint density at radius 1 is 0.667 bits per heavy atom. The number of hydrogen-bond acceptors (Lipinski definition) is 4. The maximum atomic E-state index is 12.2. The Morgan fingerprint density at radius 3 is 1.43 bits per heavy atom. The molecule has 0 unspecified atom stereocenters. The van der Waals surface area contributed by atoms with E-state index in [1.807, 2.05) is 24.3 Å². The Labute approximate surface area is 183 Å². The Hall–Kier alpha value is -1.84. The molecule has 0 aliphatic rings. The summed E-state index contributed by atoms with van der Waals surface area (Å²) in [7, 11) is 0. The van der Waals surface area contributed by atoms with Crippen LogP contribution in [0, 0.1) is 11.8 Å². The van der Waals surface area contributed by atoms with E-state index in [9.17, 15) is 9.59 Å². The fraction of sp³-hybridized carbons (Fsp3) is 0.692. The van der Waals surface area contributed by atoms with Gasteiger partial charge in [0.25, 0.3) is 0 Å². The summed E-state index contributed by atoms with van der Waals surface area (Å²) in [5, 5.41) is 0. The first kappa shape index (κ1) is 26.2. The first-order chi connectivity index (χ1) is 14.4. The molecule has 0 fully saturated rings. The molecule has 0 aliphatic carbocycles. The van der Waals surface area contributed by atoms with Gasteiger partial charge in [-0.3, -0.25) is 9.59 Å². The van der Waals surface area contributed by atoms with Gasteiger partial charge in [0.15, 0.2) is 0 Å². The van der Waals surface area contributed by atoms with Crippen molar-refractivity contribution >= 4 is 11.9 Å². The minimum atomic E-state index is -0.232. The predicted molar refractivity (Wildman–Crippen MR) is 122 cm³/mol. The number of esters is 2. The van der Waals surface area contributed by atoms with Crippen LogP contribution >= 0.6 is 0 Å². The zero-order valence-electron chi connectivity index (χ0n) is 19.6. The van der Waals surface area contributed by atoms with E-state index in [0.717, 1.165) is 48.6 Å². The van der Waals surface area contributed by atoms with Crippen LogP contribution in [0.1, 0.15) is 90.2 Å². The van der Waals surface area contributed by atoms with Gasteiger partial charge in [-0.1, -0.05) is 90.5 Å². The Bertz CT molecular complexity index is 554. The van der Waals surface area contributed by atoms with Crippen LogP contribution in [0.25, 0.3) is 0 Å². The zero-order chi connectivity index (χ0) is 22.2. The van der Waals surface area contributed by atoms with E-state index in [4.69, 9.17) is 9.47 Å². The first-order valence-electron chi connectivity index (χ1n) is 11.8. The summed E-state index contributed by atoms with van der Waals surface area (Å²) in [4.78, 5) is 24.3. The lowest BCUT2D eigenvalue weighted by atomic mass is 10.0. The average molecular weight is 419 g/mol. The molecule has 0 heterocycles. The first-order valence-corrected chi connectivity index (χ1v) is 11.8. The van der Waals surface area contributed by atoms with Crippen molar-refractivity contribution in [2.24, 2.45) is 11.8 Å². The molecule has 0 atom stereocenters. The van der Waals surface area contributed by atoms with E-state index < -0.39 is 0 Å². The molecule has 4 nitrogen and oxygen atoms in total. The van der Waals surface area contributed by atoms with Gasteiger partial charge in [-0.25, -0.2) is 0 Å². The van der Waals surface area contributed by atoms with Crippen molar-refractivity contribution in [3.8, 4) is 0 Å². The lowest BCUT2D eigenvalue weighted by molar-refractivity contribution is -0.144. The normalized spacial score (nSPS) is 11.1. The smallest absolute Gasteiger partial charge is 0.310 e. The maximum absolute atomic E-state index is 12.2. The molecule has 0 bridgehead atoms. The summed E-state index contributed by atoms with van der Waals surface area (Å²) in [6.45, 7) is 9.83. The summed E-state index contributed by atoms with van der Waals surface area (Å²) in [6.07, 6.45) is 9.18. The van der Waals surface area contributed by atoms with Crippen LogP contribution in [0.2, 0.25) is 0 Å². The highest BCUT2D eigenvalue weighted by Gasteiger charge is 2.12. The van der Waals surface area contributed by atoms with Crippen LogP contribution in [-0.4, -0.2) is 25.2 Å². The highest BCUT2D eigenvalue weighted by Crippen LogP contribution is 2.13. The quantitative estimate of drug-likeness (QED) is 0.234.